The first kappa shape index (κ1) is 14.4. The first-order valence-corrected chi connectivity index (χ1v) is 7.53. The van der Waals surface area contributed by atoms with E-state index in [4.69, 9.17) is 5.26 Å². The third kappa shape index (κ3) is 4.29. The number of rotatable bonds is 6. The van der Waals surface area contributed by atoms with Crippen LogP contribution in [0.25, 0.3) is 0 Å². The number of hydrogen-bond donors (Lipinski definition) is 0. The van der Waals surface area contributed by atoms with Crippen molar-refractivity contribution in [2.24, 2.45) is 4.99 Å². The lowest BCUT2D eigenvalue weighted by Crippen LogP contribution is -1.98. The highest BCUT2D eigenvalue weighted by Gasteiger charge is 2.10. The van der Waals surface area contributed by atoms with Crippen LogP contribution in [0.1, 0.15) is 28.6 Å². The Bertz CT molecular complexity index is 596. The molecule has 0 saturated carbocycles. The smallest absolute Gasteiger partial charge is 0.133 e. The topological polar surface area (TPSA) is 49.0 Å². The van der Waals surface area contributed by atoms with Gasteiger partial charge in [-0.05, 0) is 25.3 Å². The van der Waals surface area contributed by atoms with Gasteiger partial charge in [0.15, 0.2) is 0 Å². The van der Waals surface area contributed by atoms with Crippen LogP contribution in [-0.2, 0) is 6.42 Å². The van der Waals surface area contributed by atoms with E-state index in [9.17, 15) is 0 Å². The number of aliphatic imine (C=N–C) groups is 1. The van der Waals surface area contributed by atoms with Crippen LogP contribution in [0.3, 0.4) is 0 Å². The lowest BCUT2D eigenvalue weighted by Gasteiger charge is -1.99. The second-order valence-corrected chi connectivity index (χ2v) is 5.47. The number of benzene rings is 1. The second kappa shape index (κ2) is 7.56. The summed E-state index contributed by atoms with van der Waals surface area (Å²) < 4.78 is 0. The molecule has 0 N–H and O–H groups in total. The van der Waals surface area contributed by atoms with Crippen LogP contribution < -0.4 is 0 Å². The maximum Gasteiger partial charge on any atom is 0.133 e. The molecule has 102 valence electrons. The minimum absolute atomic E-state index is 0.314. The van der Waals surface area contributed by atoms with E-state index in [0.29, 0.717) is 0 Å². The van der Waals surface area contributed by atoms with Crippen molar-refractivity contribution in [3.8, 4) is 6.07 Å². The molecule has 1 aromatic carbocycles. The Kier molecular flexibility index (Phi) is 5.45. The van der Waals surface area contributed by atoms with Gasteiger partial charge in [-0.2, -0.15) is 5.26 Å². The zero-order valence-electron chi connectivity index (χ0n) is 11.5. The Balaban J connectivity index is 1.79. The van der Waals surface area contributed by atoms with E-state index in [1.807, 2.05) is 18.4 Å². The van der Waals surface area contributed by atoms with Crippen LogP contribution in [0.4, 0.5) is 0 Å². The molecule has 0 aliphatic carbocycles. The molecule has 20 heavy (non-hydrogen) atoms. The molecule has 0 amide bonds. The minimum Gasteiger partial charge on any atom is -0.296 e. The highest BCUT2D eigenvalue weighted by atomic mass is 32.1. The van der Waals surface area contributed by atoms with Crippen LogP contribution in [0, 0.1) is 18.3 Å². The molecule has 1 heterocycles. The van der Waals surface area contributed by atoms with E-state index >= 15 is 0 Å². The van der Waals surface area contributed by atoms with E-state index in [2.05, 4.69) is 40.3 Å². The molecule has 1 atom stereocenters. The van der Waals surface area contributed by atoms with Gasteiger partial charge in [-0.15, -0.1) is 11.3 Å². The highest BCUT2D eigenvalue weighted by molar-refractivity contribution is 7.09. The number of aromatic nitrogens is 1. The second-order valence-electron chi connectivity index (χ2n) is 4.58. The summed E-state index contributed by atoms with van der Waals surface area (Å²) in [7, 11) is 0. The molecular formula is C16H17N3S. The largest absolute Gasteiger partial charge is 0.296 e. The highest BCUT2D eigenvalue weighted by Crippen LogP contribution is 2.18. The third-order valence-corrected chi connectivity index (χ3v) is 3.94. The molecule has 1 aromatic heterocycles. The fourth-order valence-electron chi connectivity index (χ4n) is 1.87. The summed E-state index contributed by atoms with van der Waals surface area (Å²) in [5, 5.41) is 11.9. The standard InChI is InChI=1S/C16H17N3S/c1-13-12-20-16(19-13)15(10-17)11-18-9-5-8-14-6-3-2-4-7-14/h2-4,6-7,11-12,15H,5,8-9H2,1H3/t15-/m0/s1. The Hall–Kier alpha value is -1.99. The van der Waals surface area contributed by atoms with Gasteiger partial charge in [0.05, 0.1) is 6.07 Å². The predicted octanol–water partition coefficient (Wildman–Crippen LogP) is 3.76. The van der Waals surface area contributed by atoms with Crippen LogP contribution >= 0.6 is 11.3 Å². The number of aryl methyl sites for hydroxylation is 2. The first-order chi connectivity index (χ1) is 9.79. The third-order valence-electron chi connectivity index (χ3n) is 2.89. The fourth-order valence-corrected chi connectivity index (χ4v) is 2.67. The van der Waals surface area contributed by atoms with Gasteiger partial charge in [-0.3, -0.25) is 4.99 Å². The Morgan fingerprint density at radius 2 is 2.20 bits per heavy atom. The van der Waals surface area contributed by atoms with Crippen LogP contribution in [0.5, 0.6) is 0 Å². The summed E-state index contributed by atoms with van der Waals surface area (Å²) in [6, 6.07) is 12.6. The average Bonchev–Trinajstić information content (AvgIpc) is 2.90. The molecule has 0 unspecified atom stereocenters. The summed E-state index contributed by atoms with van der Waals surface area (Å²) in [6.07, 6.45) is 3.74. The molecular weight excluding hydrogens is 266 g/mol. The predicted molar refractivity (Wildman–Crippen MR) is 83.3 cm³/mol. The van der Waals surface area contributed by atoms with Gasteiger partial charge in [-0.1, -0.05) is 30.3 Å². The van der Waals surface area contributed by atoms with Crippen LogP contribution in [0.15, 0.2) is 40.7 Å². The molecule has 0 aliphatic heterocycles. The van der Waals surface area contributed by atoms with E-state index in [1.165, 1.54) is 16.9 Å². The van der Waals surface area contributed by atoms with E-state index in [0.717, 1.165) is 30.1 Å². The summed E-state index contributed by atoms with van der Waals surface area (Å²) in [4.78, 5) is 8.70. The van der Waals surface area contributed by atoms with Crippen molar-refractivity contribution in [2.45, 2.75) is 25.7 Å². The molecule has 0 spiro atoms. The molecule has 0 bridgehead atoms. The normalized spacial score (nSPS) is 12.4. The average molecular weight is 283 g/mol. The molecule has 2 rings (SSSR count). The first-order valence-electron chi connectivity index (χ1n) is 6.65. The van der Waals surface area contributed by atoms with Gasteiger partial charge in [0.1, 0.15) is 10.9 Å². The van der Waals surface area contributed by atoms with Gasteiger partial charge >= 0.3 is 0 Å². The van der Waals surface area contributed by atoms with Crippen LogP contribution in [0.2, 0.25) is 0 Å². The van der Waals surface area contributed by atoms with E-state index in [1.54, 1.807) is 6.21 Å². The maximum atomic E-state index is 9.15. The van der Waals surface area contributed by atoms with Crippen molar-refractivity contribution >= 4 is 17.6 Å². The number of nitrogens with zero attached hydrogens (tertiary/aromatic N) is 3. The number of thiazole rings is 1. The van der Waals surface area contributed by atoms with Crippen molar-refractivity contribution in [1.29, 1.82) is 5.26 Å². The molecule has 0 fully saturated rings. The number of hydrogen-bond acceptors (Lipinski definition) is 4. The van der Waals surface area contributed by atoms with Crippen molar-refractivity contribution in [3.05, 3.63) is 52.0 Å². The van der Waals surface area contributed by atoms with Crippen LogP contribution in [-0.4, -0.2) is 17.7 Å². The molecule has 2 aromatic rings. The Morgan fingerprint density at radius 1 is 1.40 bits per heavy atom. The van der Waals surface area contributed by atoms with Gasteiger partial charge in [-0.25, -0.2) is 4.98 Å². The molecule has 0 saturated heterocycles. The molecule has 0 aliphatic rings. The van der Waals surface area contributed by atoms with Crippen molar-refractivity contribution in [1.82, 2.24) is 4.98 Å². The fraction of sp³-hybridized carbons (Fsp3) is 0.312. The van der Waals surface area contributed by atoms with Crippen molar-refractivity contribution in [2.75, 3.05) is 6.54 Å². The molecule has 3 nitrogen and oxygen atoms in total. The van der Waals surface area contributed by atoms with Gasteiger partial charge in [0.2, 0.25) is 0 Å². The van der Waals surface area contributed by atoms with Gasteiger partial charge in [0, 0.05) is 23.8 Å². The van der Waals surface area contributed by atoms with Crippen molar-refractivity contribution < 1.29 is 0 Å². The molecule has 4 heteroatoms. The zero-order valence-corrected chi connectivity index (χ0v) is 12.3. The maximum absolute atomic E-state index is 9.15. The van der Waals surface area contributed by atoms with Crippen molar-refractivity contribution in [3.63, 3.8) is 0 Å². The van der Waals surface area contributed by atoms with Gasteiger partial charge < -0.3 is 0 Å². The lowest BCUT2D eigenvalue weighted by molar-refractivity contribution is 0.833. The monoisotopic (exact) mass is 283 g/mol. The molecule has 0 radical (unpaired) electrons. The van der Waals surface area contributed by atoms with Gasteiger partial charge in [0.25, 0.3) is 0 Å². The SMILES string of the molecule is Cc1csc([C@@H](C#N)C=NCCCc2ccccc2)n1. The summed E-state index contributed by atoms with van der Waals surface area (Å²) in [5.41, 5.74) is 2.29. The van der Waals surface area contributed by atoms with E-state index in [-0.39, 0.29) is 5.92 Å². The van der Waals surface area contributed by atoms with E-state index < -0.39 is 0 Å². The quantitative estimate of drug-likeness (QED) is 0.598. The summed E-state index contributed by atoms with van der Waals surface area (Å²) in [6.45, 7) is 2.68. The summed E-state index contributed by atoms with van der Waals surface area (Å²) in [5.74, 6) is -0.314. The summed E-state index contributed by atoms with van der Waals surface area (Å²) >= 11 is 1.52. The Labute approximate surface area is 123 Å². The lowest BCUT2D eigenvalue weighted by atomic mass is 10.1. The minimum atomic E-state index is -0.314. The zero-order chi connectivity index (χ0) is 14.2. The Morgan fingerprint density at radius 3 is 2.85 bits per heavy atom. The number of nitriles is 1.